The van der Waals surface area contributed by atoms with Crippen molar-refractivity contribution in [2.75, 3.05) is 5.88 Å². The molecule has 0 aromatic heterocycles. The van der Waals surface area contributed by atoms with Crippen LogP contribution in [0.1, 0.15) is 65.2 Å². The molecule has 0 radical (unpaired) electrons. The number of carbonyl (C=O) groups is 1. The molecule has 2 unspecified atom stereocenters. The number of amides is 1. The molecule has 4 aliphatic rings. The van der Waals surface area contributed by atoms with Gasteiger partial charge in [0.15, 0.2) is 0 Å². The third-order valence-electron chi connectivity index (χ3n) is 5.57. The van der Waals surface area contributed by atoms with E-state index in [1.54, 1.807) is 0 Å². The Bertz CT molecular complexity index is 376. The van der Waals surface area contributed by atoms with Gasteiger partial charge in [0.1, 0.15) is 0 Å². The van der Waals surface area contributed by atoms with Crippen molar-refractivity contribution in [1.29, 1.82) is 0 Å². The molecule has 4 fully saturated rings. The SMILES string of the molecule is C[C@]12CC3CC(NC(=O)CCCCl)(C1)C[C@@](C)(C3)C2. The molecule has 2 nitrogen and oxygen atoms in total. The maximum Gasteiger partial charge on any atom is 0.220 e. The number of carbonyl (C=O) groups excluding carboxylic acids is 1. The van der Waals surface area contributed by atoms with E-state index in [4.69, 9.17) is 11.6 Å². The van der Waals surface area contributed by atoms with Crippen LogP contribution in [0.3, 0.4) is 0 Å². The van der Waals surface area contributed by atoms with E-state index in [0.29, 0.717) is 23.1 Å². The van der Waals surface area contributed by atoms with Crippen molar-refractivity contribution in [3.63, 3.8) is 0 Å². The fourth-order valence-electron chi connectivity index (χ4n) is 6.17. The summed E-state index contributed by atoms with van der Waals surface area (Å²) >= 11 is 5.69. The van der Waals surface area contributed by atoms with Crippen molar-refractivity contribution in [3.05, 3.63) is 0 Å². The molecule has 4 saturated carbocycles. The summed E-state index contributed by atoms with van der Waals surface area (Å²) in [6, 6.07) is 0. The van der Waals surface area contributed by atoms with Gasteiger partial charge < -0.3 is 5.32 Å². The van der Waals surface area contributed by atoms with Crippen LogP contribution in [-0.4, -0.2) is 17.3 Å². The average molecular weight is 284 g/mol. The molecule has 19 heavy (non-hydrogen) atoms. The zero-order valence-electron chi connectivity index (χ0n) is 12.2. The largest absolute Gasteiger partial charge is 0.351 e. The summed E-state index contributed by atoms with van der Waals surface area (Å²) in [6.45, 7) is 4.88. The van der Waals surface area contributed by atoms with Gasteiger partial charge in [-0.3, -0.25) is 4.79 Å². The molecule has 1 amide bonds. The van der Waals surface area contributed by atoms with Crippen molar-refractivity contribution in [2.45, 2.75) is 70.8 Å². The Morgan fingerprint density at radius 1 is 1.16 bits per heavy atom. The molecule has 0 aromatic carbocycles. The molecule has 1 N–H and O–H groups in total. The highest BCUT2D eigenvalue weighted by Crippen LogP contribution is 2.66. The summed E-state index contributed by atoms with van der Waals surface area (Å²) in [5, 5.41) is 3.41. The zero-order chi connectivity index (χ0) is 13.7. The smallest absolute Gasteiger partial charge is 0.220 e. The molecule has 4 atom stereocenters. The van der Waals surface area contributed by atoms with Gasteiger partial charge in [0.25, 0.3) is 0 Å². The van der Waals surface area contributed by atoms with E-state index in [2.05, 4.69) is 19.2 Å². The van der Waals surface area contributed by atoms with Gasteiger partial charge in [0, 0.05) is 17.8 Å². The molecule has 108 valence electrons. The van der Waals surface area contributed by atoms with Crippen LogP contribution in [0.25, 0.3) is 0 Å². The normalized spacial score (nSPS) is 47.4. The maximum atomic E-state index is 12.1. The molecule has 0 spiro atoms. The second kappa shape index (κ2) is 4.38. The highest BCUT2D eigenvalue weighted by atomic mass is 35.5. The molecule has 0 saturated heterocycles. The number of alkyl halides is 1. The van der Waals surface area contributed by atoms with Crippen molar-refractivity contribution in [2.24, 2.45) is 16.7 Å². The molecule has 0 heterocycles. The van der Waals surface area contributed by atoms with E-state index in [0.717, 1.165) is 12.3 Å². The number of nitrogens with one attached hydrogen (secondary N) is 1. The molecular weight excluding hydrogens is 258 g/mol. The van der Waals surface area contributed by atoms with Crippen molar-refractivity contribution >= 4 is 17.5 Å². The fourth-order valence-corrected chi connectivity index (χ4v) is 6.31. The first kappa shape index (κ1) is 13.7. The first-order valence-corrected chi connectivity index (χ1v) is 8.27. The van der Waals surface area contributed by atoms with Crippen molar-refractivity contribution in [1.82, 2.24) is 5.32 Å². The van der Waals surface area contributed by atoms with Gasteiger partial charge in [0.2, 0.25) is 5.91 Å². The van der Waals surface area contributed by atoms with Gasteiger partial charge in [-0.1, -0.05) is 13.8 Å². The summed E-state index contributed by atoms with van der Waals surface area (Å²) in [5.41, 5.74) is 1.04. The van der Waals surface area contributed by atoms with E-state index in [9.17, 15) is 4.79 Å². The minimum absolute atomic E-state index is 0.103. The fraction of sp³-hybridized carbons (Fsp3) is 0.938. The van der Waals surface area contributed by atoms with Crippen molar-refractivity contribution < 1.29 is 4.79 Å². The summed E-state index contributed by atoms with van der Waals surface area (Å²) in [5.74, 6) is 1.63. The number of hydrogen-bond acceptors (Lipinski definition) is 1. The molecule has 4 aliphatic carbocycles. The Kier molecular flexibility index (Phi) is 3.16. The van der Waals surface area contributed by atoms with Crippen LogP contribution < -0.4 is 5.32 Å². The topological polar surface area (TPSA) is 29.1 Å². The Morgan fingerprint density at radius 2 is 1.79 bits per heavy atom. The molecule has 4 rings (SSSR count). The first-order valence-electron chi connectivity index (χ1n) is 7.73. The van der Waals surface area contributed by atoms with Crippen LogP contribution in [0.5, 0.6) is 0 Å². The highest BCUT2D eigenvalue weighted by Gasteiger charge is 2.60. The lowest BCUT2D eigenvalue weighted by Gasteiger charge is -2.65. The summed E-state index contributed by atoms with van der Waals surface area (Å²) in [7, 11) is 0. The molecule has 3 heteroatoms. The Balaban J connectivity index is 1.75. The Hall–Kier alpha value is -0.240. The van der Waals surface area contributed by atoms with Gasteiger partial charge in [-0.15, -0.1) is 11.6 Å². The number of rotatable bonds is 4. The van der Waals surface area contributed by atoms with E-state index in [1.807, 2.05) is 0 Å². The van der Waals surface area contributed by atoms with Gasteiger partial charge >= 0.3 is 0 Å². The predicted molar refractivity (Wildman–Crippen MR) is 78.2 cm³/mol. The van der Waals surface area contributed by atoms with Gasteiger partial charge in [-0.2, -0.15) is 0 Å². The molecule has 0 aromatic rings. The van der Waals surface area contributed by atoms with Crippen LogP contribution in [-0.2, 0) is 4.79 Å². The summed E-state index contributed by atoms with van der Waals surface area (Å²) in [6.07, 6.45) is 9.09. The quantitative estimate of drug-likeness (QED) is 0.780. The monoisotopic (exact) mass is 283 g/mol. The van der Waals surface area contributed by atoms with Gasteiger partial charge in [-0.05, 0) is 61.7 Å². The minimum atomic E-state index is 0.103. The second-order valence-corrected chi connectivity index (χ2v) is 8.63. The lowest BCUT2D eigenvalue weighted by Crippen LogP contribution is -2.65. The molecule has 4 bridgehead atoms. The van der Waals surface area contributed by atoms with Crippen molar-refractivity contribution in [3.8, 4) is 0 Å². The number of hydrogen-bond donors (Lipinski definition) is 1. The number of halogens is 1. The van der Waals surface area contributed by atoms with Crippen LogP contribution >= 0.6 is 11.6 Å². The Labute approximate surface area is 121 Å². The van der Waals surface area contributed by atoms with Crippen LogP contribution in [0.15, 0.2) is 0 Å². The van der Waals surface area contributed by atoms with Gasteiger partial charge in [0.05, 0.1) is 0 Å². The standard InChI is InChI=1S/C16H26ClNO/c1-14-6-12-7-15(2,9-14)11-16(8-12,10-14)18-13(19)4-3-5-17/h12H,3-11H2,1-2H3,(H,18,19)/t12?,14-,15+,16?. The Morgan fingerprint density at radius 3 is 2.32 bits per heavy atom. The van der Waals surface area contributed by atoms with E-state index in [-0.39, 0.29) is 11.4 Å². The third kappa shape index (κ3) is 2.53. The summed E-state index contributed by atoms with van der Waals surface area (Å²) in [4.78, 5) is 12.1. The molecule has 0 aliphatic heterocycles. The second-order valence-electron chi connectivity index (χ2n) is 8.25. The summed E-state index contributed by atoms with van der Waals surface area (Å²) < 4.78 is 0. The molecular formula is C16H26ClNO. The third-order valence-corrected chi connectivity index (χ3v) is 5.84. The van der Waals surface area contributed by atoms with E-state index in [1.165, 1.54) is 38.5 Å². The lowest BCUT2D eigenvalue weighted by atomic mass is 9.43. The zero-order valence-corrected chi connectivity index (χ0v) is 13.0. The first-order chi connectivity index (χ1) is 8.86. The highest BCUT2D eigenvalue weighted by molar-refractivity contribution is 6.17. The van der Waals surface area contributed by atoms with Gasteiger partial charge in [-0.25, -0.2) is 0 Å². The maximum absolute atomic E-state index is 12.1. The average Bonchev–Trinajstić information content (AvgIpc) is 2.20. The van der Waals surface area contributed by atoms with Crippen LogP contribution in [0.4, 0.5) is 0 Å². The van der Waals surface area contributed by atoms with E-state index < -0.39 is 0 Å². The predicted octanol–water partition coefficient (Wildman–Crippen LogP) is 3.87. The van der Waals surface area contributed by atoms with Crippen LogP contribution in [0, 0.1) is 16.7 Å². The van der Waals surface area contributed by atoms with Crippen LogP contribution in [0.2, 0.25) is 0 Å². The lowest BCUT2D eigenvalue weighted by molar-refractivity contribution is -0.139. The van der Waals surface area contributed by atoms with E-state index >= 15 is 0 Å². The minimum Gasteiger partial charge on any atom is -0.351 e.